The Morgan fingerprint density at radius 1 is 1.28 bits per heavy atom. The summed E-state index contributed by atoms with van der Waals surface area (Å²) < 4.78 is 2.08. The third kappa shape index (κ3) is 4.83. The van der Waals surface area contributed by atoms with E-state index in [0.29, 0.717) is 23.0 Å². The number of nitro groups is 1. The van der Waals surface area contributed by atoms with Gasteiger partial charge in [-0.3, -0.25) is 14.9 Å². The second-order valence-corrected chi connectivity index (χ2v) is 7.71. The predicted octanol–water partition coefficient (Wildman–Crippen LogP) is 4.94. The molecule has 0 saturated carbocycles. The third-order valence-corrected chi connectivity index (χ3v) is 5.22. The molecular formula is C21H22N4O3S. The lowest BCUT2D eigenvalue weighted by Gasteiger charge is -2.12. The zero-order valence-electron chi connectivity index (χ0n) is 16.5. The number of aromatic nitrogens is 2. The summed E-state index contributed by atoms with van der Waals surface area (Å²) in [5.74, 6) is 0.928. The second kappa shape index (κ2) is 8.91. The van der Waals surface area contributed by atoms with Gasteiger partial charge < -0.3 is 9.88 Å². The van der Waals surface area contributed by atoms with Crippen LogP contribution >= 0.6 is 11.8 Å². The summed E-state index contributed by atoms with van der Waals surface area (Å²) in [6, 6.07) is 12.1. The van der Waals surface area contributed by atoms with Gasteiger partial charge in [0.05, 0.1) is 9.82 Å². The quantitative estimate of drug-likeness (QED) is 0.339. The van der Waals surface area contributed by atoms with Crippen molar-refractivity contribution < 1.29 is 9.72 Å². The first kappa shape index (κ1) is 20.6. The number of hydrogen-bond donors (Lipinski definition) is 1. The molecule has 0 aliphatic rings. The van der Waals surface area contributed by atoms with Crippen LogP contribution in [0.1, 0.15) is 41.5 Å². The van der Waals surface area contributed by atoms with Crippen LogP contribution in [0.4, 0.5) is 11.4 Å². The average Bonchev–Trinajstić information content (AvgIpc) is 3.16. The molecule has 0 unspecified atom stereocenters. The van der Waals surface area contributed by atoms with Crippen LogP contribution in [0.3, 0.4) is 0 Å². The standard InChI is InChI=1S/C21H22N4O3S/c1-14(2)20-22-9-10-24(20)13-15-5-4-6-17(11-15)23-21(26)16-7-8-19(29-3)18(12-16)25(27)28/h4-12,14H,13H2,1-3H3,(H,23,26). The highest BCUT2D eigenvalue weighted by Crippen LogP contribution is 2.28. The van der Waals surface area contributed by atoms with Crippen LogP contribution in [0, 0.1) is 10.1 Å². The van der Waals surface area contributed by atoms with Gasteiger partial charge in [0.25, 0.3) is 11.6 Å². The van der Waals surface area contributed by atoms with Gasteiger partial charge in [0, 0.05) is 42.2 Å². The number of imidazole rings is 1. The molecule has 1 heterocycles. The van der Waals surface area contributed by atoms with Crippen molar-refractivity contribution in [2.45, 2.75) is 31.2 Å². The number of carbonyl (C=O) groups is 1. The molecule has 0 saturated heterocycles. The van der Waals surface area contributed by atoms with Crippen molar-refractivity contribution in [3.63, 3.8) is 0 Å². The molecule has 1 N–H and O–H groups in total. The largest absolute Gasteiger partial charge is 0.330 e. The van der Waals surface area contributed by atoms with Gasteiger partial charge in [-0.15, -0.1) is 11.8 Å². The first-order valence-electron chi connectivity index (χ1n) is 9.12. The van der Waals surface area contributed by atoms with Gasteiger partial charge >= 0.3 is 0 Å². The van der Waals surface area contributed by atoms with E-state index in [-0.39, 0.29) is 17.2 Å². The van der Waals surface area contributed by atoms with Crippen molar-refractivity contribution in [1.82, 2.24) is 9.55 Å². The fraction of sp³-hybridized carbons (Fsp3) is 0.238. The molecule has 0 bridgehead atoms. The van der Waals surface area contributed by atoms with Crippen LogP contribution in [-0.4, -0.2) is 26.6 Å². The molecule has 3 aromatic rings. The Morgan fingerprint density at radius 3 is 2.76 bits per heavy atom. The van der Waals surface area contributed by atoms with E-state index in [1.807, 2.05) is 24.4 Å². The Labute approximate surface area is 173 Å². The molecule has 8 heteroatoms. The molecule has 2 aromatic carbocycles. The predicted molar refractivity (Wildman–Crippen MR) is 115 cm³/mol. The monoisotopic (exact) mass is 410 g/mol. The molecule has 0 fully saturated rings. The van der Waals surface area contributed by atoms with Crippen molar-refractivity contribution in [3.05, 3.63) is 81.9 Å². The van der Waals surface area contributed by atoms with E-state index in [2.05, 4.69) is 28.7 Å². The summed E-state index contributed by atoms with van der Waals surface area (Å²) in [6.07, 6.45) is 5.48. The van der Waals surface area contributed by atoms with E-state index < -0.39 is 4.92 Å². The third-order valence-electron chi connectivity index (χ3n) is 4.44. The Balaban J connectivity index is 1.78. The fourth-order valence-corrected chi connectivity index (χ4v) is 3.62. The van der Waals surface area contributed by atoms with Crippen molar-refractivity contribution in [2.24, 2.45) is 0 Å². The average molecular weight is 410 g/mol. The maximum atomic E-state index is 12.6. The molecule has 0 atom stereocenters. The molecule has 0 aliphatic carbocycles. The number of thioether (sulfide) groups is 1. The number of nitrogens with zero attached hydrogens (tertiary/aromatic N) is 3. The Bertz CT molecular complexity index is 1050. The van der Waals surface area contributed by atoms with Crippen molar-refractivity contribution >= 4 is 29.0 Å². The topological polar surface area (TPSA) is 90.1 Å². The number of benzene rings is 2. The van der Waals surface area contributed by atoms with Crippen molar-refractivity contribution in [1.29, 1.82) is 0 Å². The van der Waals surface area contributed by atoms with Gasteiger partial charge in [-0.25, -0.2) is 4.98 Å². The summed E-state index contributed by atoms with van der Waals surface area (Å²) in [5.41, 5.74) is 1.83. The van der Waals surface area contributed by atoms with E-state index in [1.54, 1.807) is 30.7 Å². The molecule has 150 valence electrons. The van der Waals surface area contributed by atoms with Crippen LogP contribution in [-0.2, 0) is 6.54 Å². The van der Waals surface area contributed by atoms with Crippen molar-refractivity contribution in [2.75, 3.05) is 11.6 Å². The highest BCUT2D eigenvalue weighted by molar-refractivity contribution is 7.98. The molecule has 0 aliphatic heterocycles. The normalized spacial score (nSPS) is 10.9. The molecular weight excluding hydrogens is 388 g/mol. The van der Waals surface area contributed by atoms with Gasteiger partial charge in [-0.1, -0.05) is 26.0 Å². The van der Waals surface area contributed by atoms with E-state index >= 15 is 0 Å². The maximum absolute atomic E-state index is 12.6. The zero-order valence-corrected chi connectivity index (χ0v) is 17.3. The molecule has 1 amide bonds. The van der Waals surface area contributed by atoms with Gasteiger partial charge in [0.2, 0.25) is 0 Å². The highest BCUT2D eigenvalue weighted by atomic mass is 32.2. The van der Waals surface area contributed by atoms with E-state index in [4.69, 9.17) is 0 Å². The number of anilines is 1. The summed E-state index contributed by atoms with van der Waals surface area (Å²) in [4.78, 5) is 28.3. The lowest BCUT2D eigenvalue weighted by Crippen LogP contribution is -2.13. The SMILES string of the molecule is CSc1ccc(C(=O)Nc2cccc(Cn3ccnc3C(C)C)c2)cc1[N+](=O)[O-]. The van der Waals surface area contributed by atoms with Gasteiger partial charge in [-0.05, 0) is 36.1 Å². The number of amides is 1. The number of carbonyl (C=O) groups excluding carboxylic acids is 1. The van der Waals surface area contributed by atoms with E-state index in [0.717, 1.165) is 11.4 Å². The van der Waals surface area contributed by atoms with Crippen LogP contribution < -0.4 is 5.32 Å². The van der Waals surface area contributed by atoms with Crippen molar-refractivity contribution in [3.8, 4) is 0 Å². The summed E-state index contributed by atoms with van der Waals surface area (Å²) in [6.45, 7) is 4.83. The zero-order chi connectivity index (χ0) is 21.0. The first-order valence-corrected chi connectivity index (χ1v) is 10.3. The van der Waals surface area contributed by atoms with E-state index in [1.165, 1.54) is 17.8 Å². The molecule has 29 heavy (non-hydrogen) atoms. The first-order chi connectivity index (χ1) is 13.9. The van der Waals surface area contributed by atoms with Crippen LogP contribution in [0.2, 0.25) is 0 Å². The minimum atomic E-state index is -0.472. The number of rotatable bonds is 7. The lowest BCUT2D eigenvalue weighted by atomic mass is 10.1. The summed E-state index contributed by atoms with van der Waals surface area (Å²) in [5, 5.41) is 14.1. The van der Waals surface area contributed by atoms with Gasteiger partial charge in [0.15, 0.2) is 0 Å². The van der Waals surface area contributed by atoms with Gasteiger partial charge in [-0.2, -0.15) is 0 Å². The summed E-state index contributed by atoms with van der Waals surface area (Å²) >= 11 is 1.27. The summed E-state index contributed by atoms with van der Waals surface area (Å²) in [7, 11) is 0. The smallest absolute Gasteiger partial charge is 0.283 e. The van der Waals surface area contributed by atoms with Crippen LogP contribution in [0.15, 0.2) is 59.8 Å². The molecule has 0 radical (unpaired) electrons. The second-order valence-electron chi connectivity index (χ2n) is 6.87. The molecule has 1 aromatic heterocycles. The number of hydrogen-bond acceptors (Lipinski definition) is 5. The highest BCUT2D eigenvalue weighted by Gasteiger charge is 2.17. The fourth-order valence-electron chi connectivity index (χ4n) is 3.08. The Morgan fingerprint density at radius 2 is 2.07 bits per heavy atom. The molecule has 3 rings (SSSR count). The minimum Gasteiger partial charge on any atom is -0.330 e. The Kier molecular flexibility index (Phi) is 6.33. The minimum absolute atomic E-state index is 0.0692. The van der Waals surface area contributed by atoms with Gasteiger partial charge in [0.1, 0.15) is 5.82 Å². The van der Waals surface area contributed by atoms with Crippen LogP contribution in [0.25, 0.3) is 0 Å². The molecule has 0 spiro atoms. The van der Waals surface area contributed by atoms with Crippen LogP contribution in [0.5, 0.6) is 0 Å². The molecule has 7 nitrogen and oxygen atoms in total. The lowest BCUT2D eigenvalue weighted by molar-refractivity contribution is -0.387. The Hall–Kier alpha value is -3.13. The number of nitro benzene ring substituents is 1. The maximum Gasteiger partial charge on any atom is 0.283 e. The number of nitrogens with one attached hydrogen (secondary N) is 1. The van der Waals surface area contributed by atoms with E-state index in [9.17, 15) is 14.9 Å².